The van der Waals surface area contributed by atoms with E-state index in [-0.39, 0.29) is 0 Å². The van der Waals surface area contributed by atoms with E-state index in [1.165, 1.54) is 5.56 Å². The predicted molar refractivity (Wildman–Crippen MR) is 110 cm³/mol. The molecule has 0 bridgehead atoms. The number of ether oxygens (including phenoxy) is 2. The summed E-state index contributed by atoms with van der Waals surface area (Å²) in [5, 5.41) is 3.33. The van der Waals surface area contributed by atoms with Crippen LogP contribution < -0.4 is 20.5 Å². The summed E-state index contributed by atoms with van der Waals surface area (Å²) in [5.41, 5.74) is 11.7. The summed E-state index contributed by atoms with van der Waals surface area (Å²) in [7, 11) is 3.32. The van der Waals surface area contributed by atoms with Crippen LogP contribution in [0.2, 0.25) is 0 Å². The van der Waals surface area contributed by atoms with Crippen LogP contribution in [0.25, 0.3) is 11.1 Å². The summed E-state index contributed by atoms with van der Waals surface area (Å²) in [6.45, 7) is 1.28. The molecular weight excluding hydrogens is 352 g/mol. The van der Waals surface area contributed by atoms with Crippen LogP contribution in [0.1, 0.15) is 11.1 Å². The maximum atomic E-state index is 6.35. The van der Waals surface area contributed by atoms with Crippen LogP contribution in [0.4, 0.5) is 5.69 Å². The number of benzene rings is 2. The van der Waals surface area contributed by atoms with Crippen molar-refractivity contribution in [2.45, 2.75) is 13.1 Å². The van der Waals surface area contributed by atoms with E-state index < -0.39 is 0 Å². The molecule has 28 heavy (non-hydrogen) atoms. The smallest absolute Gasteiger partial charge is 0.348 e. The van der Waals surface area contributed by atoms with Crippen LogP contribution in [0, 0.1) is 0 Å². The highest BCUT2D eigenvalue weighted by Gasteiger charge is 2.23. The molecule has 0 atom stereocenters. The second-order valence-electron chi connectivity index (χ2n) is 6.62. The number of pyridine rings is 1. The summed E-state index contributed by atoms with van der Waals surface area (Å²) < 4.78 is 13.1. The highest BCUT2D eigenvalue weighted by atomic mass is 16.5. The first kappa shape index (κ1) is 17.9. The van der Waals surface area contributed by atoms with Gasteiger partial charge in [-0.05, 0) is 29.8 Å². The van der Waals surface area contributed by atoms with Crippen LogP contribution in [0.3, 0.4) is 0 Å². The number of guanidine groups is 1. The van der Waals surface area contributed by atoms with Crippen molar-refractivity contribution in [3.8, 4) is 22.6 Å². The van der Waals surface area contributed by atoms with Crippen LogP contribution in [0.15, 0.2) is 60.9 Å². The van der Waals surface area contributed by atoms with E-state index >= 15 is 0 Å². The maximum Gasteiger partial charge on any atom is 0.348 e. The molecule has 6 heteroatoms. The molecule has 142 valence electrons. The van der Waals surface area contributed by atoms with Gasteiger partial charge in [-0.2, -0.15) is 0 Å². The first-order valence-corrected chi connectivity index (χ1v) is 9.07. The Bertz CT molecular complexity index is 1010. The fourth-order valence-electron chi connectivity index (χ4n) is 3.47. The van der Waals surface area contributed by atoms with Gasteiger partial charge in [-0.3, -0.25) is 15.3 Å². The van der Waals surface area contributed by atoms with Gasteiger partial charge >= 0.3 is 5.96 Å². The van der Waals surface area contributed by atoms with Gasteiger partial charge in [0.1, 0.15) is 17.2 Å². The first-order chi connectivity index (χ1) is 13.7. The van der Waals surface area contributed by atoms with Crippen LogP contribution in [-0.4, -0.2) is 29.7 Å². The third kappa shape index (κ3) is 3.36. The maximum absolute atomic E-state index is 6.35. The first-order valence-electron chi connectivity index (χ1n) is 9.07. The Balaban J connectivity index is 1.63. The monoisotopic (exact) mass is 375 g/mol. The molecule has 0 fully saturated rings. The van der Waals surface area contributed by atoms with E-state index in [4.69, 9.17) is 15.2 Å². The van der Waals surface area contributed by atoms with E-state index in [9.17, 15) is 0 Å². The fourth-order valence-corrected chi connectivity index (χ4v) is 3.47. The molecule has 0 radical (unpaired) electrons. The van der Waals surface area contributed by atoms with Crippen LogP contribution in [0.5, 0.6) is 11.5 Å². The van der Waals surface area contributed by atoms with Crippen molar-refractivity contribution >= 4 is 11.6 Å². The van der Waals surface area contributed by atoms with Gasteiger partial charge in [-0.15, -0.1) is 0 Å². The quantitative estimate of drug-likeness (QED) is 0.670. The van der Waals surface area contributed by atoms with Gasteiger partial charge < -0.3 is 9.47 Å². The zero-order valence-corrected chi connectivity index (χ0v) is 16.0. The second-order valence-corrected chi connectivity index (χ2v) is 6.62. The van der Waals surface area contributed by atoms with E-state index in [2.05, 4.69) is 33.1 Å². The van der Waals surface area contributed by atoms with Gasteiger partial charge in [0.15, 0.2) is 0 Å². The summed E-state index contributed by atoms with van der Waals surface area (Å²) in [4.78, 5) is 4.20. The Labute approximate surface area is 164 Å². The number of methoxy groups -OCH3 is 2. The van der Waals surface area contributed by atoms with E-state index in [1.54, 1.807) is 20.4 Å². The number of nitrogens with two attached hydrogens (primary N) is 1. The normalized spacial score (nSPS) is 12.9. The van der Waals surface area contributed by atoms with Crippen LogP contribution >= 0.6 is 0 Å². The van der Waals surface area contributed by atoms with Crippen molar-refractivity contribution in [1.82, 2.24) is 4.98 Å². The summed E-state index contributed by atoms with van der Waals surface area (Å²) >= 11 is 0. The molecular formula is C22H23N4O2+. The van der Waals surface area contributed by atoms with Gasteiger partial charge in [-0.25, -0.2) is 5.32 Å². The van der Waals surface area contributed by atoms with Gasteiger partial charge in [0, 0.05) is 23.5 Å². The molecule has 1 aromatic heterocycles. The summed E-state index contributed by atoms with van der Waals surface area (Å²) in [6.07, 6.45) is 3.63. The van der Waals surface area contributed by atoms with Gasteiger partial charge in [0.2, 0.25) is 0 Å². The topological polar surface area (TPSA) is 72.4 Å². The zero-order valence-electron chi connectivity index (χ0n) is 16.0. The van der Waals surface area contributed by atoms with Crippen LogP contribution in [-0.2, 0) is 13.1 Å². The lowest BCUT2D eigenvalue weighted by Gasteiger charge is -2.21. The Morgan fingerprint density at radius 2 is 1.82 bits per heavy atom. The predicted octanol–water partition coefficient (Wildman–Crippen LogP) is 3.22. The number of hydrogen-bond acceptors (Lipinski definition) is 5. The van der Waals surface area contributed by atoms with E-state index in [0.717, 1.165) is 33.9 Å². The van der Waals surface area contributed by atoms with E-state index in [1.807, 2.05) is 36.5 Å². The standard InChI is InChI=1S/C22H22N4O2/c1-27-20-6-3-7-21(28-2)18(20)14-26-13-17-9-8-15(11-19(17)25-22(26)23)16-5-4-10-24-12-16/h3-12H,13-14H2,1-2H3,(H2,23,25)/p+1. The molecule has 0 saturated heterocycles. The Hall–Kier alpha value is -3.54. The molecule has 0 saturated carbocycles. The average molecular weight is 375 g/mol. The number of rotatable bonds is 5. The van der Waals surface area contributed by atoms with Crippen molar-refractivity contribution < 1.29 is 14.0 Å². The molecule has 0 aliphatic carbocycles. The van der Waals surface area contributed by atoms with Crippen molar-refractivity contribution in [2.75, 3.05) is 19.5 Å². The summed E-state index contributed by atoms with van der Waals surface area (Å²) in [5.74, 6) is 2.17. The molecule has 0 unspecified atom stereocenters. The van der Waals surface area contributed by atoms with Gasteiger partial charge in [-0.1, -0.05) is 24.3 Å². The number of aromatic nitrogens is 1. The Morgan fingerprint density at radius 1 is 1.04 bits per heavy atom. The minimum Gasteiger partial charge on any atom is -0.496 e. The average Bonchev–Trinajstić information content (AvgIpc) is 2.74. The molecule has 0 spiro atoms. The number of nitrogens with zero attached hydrogens (tertiary/aromatic N) is 2. The van der Waals surface area contributed by atoms with Gasteiger partial charge in [0.25, 0.3) is 0 Å². The molecule has 4 rings (SSSR count). The van der Waals surface area contributed by atoms with Gasteiger partial charge in [0.05, 0.1) is 32.9 Å². The number of nitrogens with one attached hydrogen (secondary N) is 1. The number of anilines is 1. The zero-order chi connectivity index (χ0) is 19.5. The lowest BCUT2D eigenvalue weighted by Crippen LogP contribution is -2.38. The number of fused-ring (bicyclic) bond motifs is 1. The highest BCUT2D eigenvalue weighted by Crippen LogP contribution is 2.31. The lowest BCUT2D eigenvalue weighted by molar-refractivity contribution is -0.562. The van der Waals surface area contributed by atoms with Crippen molar-refractivity contribution in [2.24, 2.45) is 5.73 Å². The SMILES string of the molecule is COc1cccc(OC)c1C[N+]1=C(N)Nc2cc(-c3cccnc3)ccc2C1. The minimum atomic E-state index is 0.579. The highest BCUT2D eigenvalue weighted by molar-refractivity contribution is 5.91. The fraction of sp³-hybridized carbons (Fsp3) is 0.182. The van der Waals surface area contributed by atoms with E-state index in [0.29, 0.717) is 19.0 Å². The molecule has 6 nitrogen and oxygen atoms in total. The number of hydrogen-bond donors (Lipinski definition) is 2. The molecule has 2 heterocycles. The Morgan fingerprint density at radius 3 is 2.50 bits per heavy atom. The lowest BCUT2D eigenvalue weighted by atomic mass is 10.0. The molecule has 1 aliphatic heterocycles. The third-order valence-corrected chi connectivity index (χ3v) is 4.95. The third-order valence-electron chi connectivity index (χ3n) is 4.95. The minimum absolute atomic E-state index is 0.579. The van der Waals surface area contributed by atoms with Crippen molar-refractivity contribution in [1.29, 1.82) is 0 Å². The molecule has 3 aromatic rings. The summed E-state index contributed by atoms with van der Waals surface area (Å²) in [6, 6.07) is 16.1. The molecule has 3 N–H and O–H groups in total. The molecule has 2 aromatic carbocycles. The Kier molecular flexibility index (Phi) is 4.85. The molecule has 1 aliphatic rings. The van der Waals surface area contributed by atoms with Crippen molar-refractivity contribution in [3.63, 3.8) is 0 Å². The molecule has 0 amide bonds. The largest absolute Gasteiger partial charge is 0.496 e. The second kappa shape index (κ2) is 7.60. The van der Waals surface area contributed by atoms with Crippen molar-refractivity contribution in [3.05, 3.63) is 72.1 Å².